The van der Waals surface area contributed by atoms with Crippen molar-refractivity contribution >= 4 is 11.9 Å². The third-order valence-corrected chi connectivity index (χ3v) is 2.31. The molecule has 1 aliphatic rings. The first kappa shape index (κ1) is 10.5. The predicted octanol–water partition coefficient (Wildman–Crippen LogP) is 1.25. The van der Waals surface area contributed by atoms with Crippen molar-refractivity contribution in [2.45, 2.75) is 6.04 Å². The van der Waals surface area contributed by atoms with Gasteiger partial charge in [0, 0.05) is 0 Å². The fourth-order valence-corrected chi connectivity index (χ4v) is 1.51. The van der Waals surface area contributed by atoms with Gasteiger partial charge in [-0.25, -0.2) is 9.79 Å². The SMILES string of the molecule is COc1cccc(C2COC(C(=O)O)=N2)c1. The van der Waals surface area contributed by atoms with Gasteiger partial charge in [-0.15, -0.1) is 0 Å². The molecular formula is C11H11NO4. The molecule has 0 saturated carbocycles. The van der Waals surface area contributed by atoms with Crippen LogP contribution in [0.25, 0.3) is 0 Å². The van der Waals surface area contributed by atoms with Crippen LogP contribution in [-0.4, -0.2) is 30.7 Å². The number of carboxylic acid groups (broad SMARTS) is 1. The monoisotopic (exact) mass is 221 g/mol. The molecule has 0 aromatic heterocycles. The van der Waals surface area contributed by atoms with E-state index < -0.39 is 5.97 Å². The molecule has 1 aromatic carbocycles. The molecule has 1 N–H and O–H groups in total. The summed E-state index contributed by atoms with van der Waals surface area (Å²) < 4.78 is 10.0. The topological polar surface area (TPSA) is 68.1 Å². The molecule has 1 aliphatic heterocycles. The summed E-state index contributed by atoms with van der Waals surface area (Å²) in [5.41, 5.74) is 0.885. The van der Waals surface area contributed by atoms with E-state index in [1.165, 1.54) is 0 Å². The Balaban J connectivity index is 2.22. The first-order valence-electron chi connectivity index (χ1n) is 4.78. The second-order valence-electron chi connectivity index (χ2n) is 3.34. The second-order valence-corrected chi connectivity index (χ2v) is 3.34. The van der Waals surface area contributed by atoms with Crippen molar-refractivity contribution in [1.82, 2.24) is 0 Å². The van der Waals surface area contributed by atoms with Crippen molar-refractivity contribution in [3.05, 3.63) is 29.8 Å². The van der Waals surface area contributed by atoms with Crippen molar-refractivity contribution in [3.63, 3.8) is 0 Å². The quantitative estimate of drug-likeness (QED) is 0.834. The maximum Gasteiger partial charge on any atom is 0.391 e. The Kier molecular flexibility index (Phi) is 2.76. The summed E-state index contributed by atoms with van der Waals surface area (Å²) in [7, 11) is 1.58. The van der Waals surface area contributed by atoms with Crippen molar-refractivity contribution in [2.24, 2.45) is 4.99 Å². The van der Waals surface area contributed by atoms with Crippen molar-refractivity contribution in [1.29, 1.82) is 0 Å². The van der Waals surface area contributed by atoms with Crippen LogP contribution in [-0.2, 0) is 9.53 Å². The van der Waals surface area contributed by atoms with Crippen LogP contribution >= 0.6 is 0 Å². The number of rotatable bonds is 3. The van der Waals surface area contributed by atoms with Gasteiger partial charge in [-0.2, -0.15) is 0 Å². The van der Waals surface area contributed by atoms with Crippen molar-refractivity contribution < 1.29 is 19.4 Å². The normalized spacial score (nSPS) is 18.8. The van der Waals surface area contributed by atoms with E-state index in [0.717, 1.165) is 11.3 Å². The molecular weight excluding hydrogens is 210 g/mol. The number of ether oxygens (including phenoxy) is 2. The van der Waals surface area contributed by atoms with E-state index in [1.807, 2.05) is 24.3 Å². The molecule has 2 rings (SSSR count). The maximum absolute atomic E-state index is 10.6. The van der Waals surface area contributed by atoms with Crippen LogP contribution in [0.4, 0.5) is 0 Å². The van der Waals surface area contributed by atoms with Gasteiger partial charge in [0.15, 0.2) is 0 Å². The van der Waals surface area contributed by atoms with E-state index in [2.05, 4.69) is 4.99 Å². The Morgan fingerprint density at radius 1 is 1.62 bits per heavy atom. The molecule has 1 atom stereocenters. The van der Waals surface area contributed by atoms with Gasteiger partial charge in [0.1, 0.15) is 18.4 Å². The lowest BCUT2D eigenvalue weighted by atomic mass is 10.1. The Hall–Kier alpha value is -2.04. The van der Waals surface area contributed by atoms with Gasteiger partial charge in [-0.05, 0) is 17.7 Å². The van der Waals surface area contributed by atoms with Crippen LogP contribution in [0, 0.1) is 0 Å². The van der Waals surface area contributed by atoms with Crippen LogP contribution < -0.4 is 4.74 Å². The molecule has 0 spiro atoms. The van der Waals surface area contributed by atoms with Gasteiger partial charge in [0.25, 0.3) is 5.90 Å². The number of aliphatic carboxylic acids is 1. The van der Waals surface area contributed by atoms with E-state index in [1.54, 1.807) is 7.11 Å². The lowest BCUT2D eigenvalue weighted by molar-refractivity contribution is -0.130. The van der Waals surface area contributed by atoms with Crippen LogP contribution in [0.15, 0.2) is 29.3 Å². The third kappa shape index (κ3) is 1.98. The van der Waals surface area contributed by atoms with Gasteiger partial charge in [-0.1, -0.05) is 12.1 Å². The number of hydrogen-bond donors (Lipinski definition) is 1. The Morgan fingerprint density at radius 2 is 2.44 bits per heavy atom. The number of carboxylic acids is 1. The average Bonchev–Trinajstić information content (AvgIpc) is 2.78. The van der Waals surface area contributed by atoms with Gasteiger partial charge < -0.3 is 14.6 Å². The van der Waals surface area contributed by atoms with Gasteiger partial charge in [0.2, 0.25) is 0 Å². The minimum absolute atomic E-state index is 0.229. The lowest BCUT2D eigenvalue weighted by Gasteiger charge is -2.06. The summed E-state index contributed by atoms with van der Waals surface area (Å²) in [6.45, 7) is 0.259. The molecule has 16 heavy (non-hydrogen) atoms. The molecule has 1 heterocycles. The molecule has 1 unspecified atom stereocenters. The van der Waals surface area contributed by atoms with Gasteiger partial charge >= 0.3 is 5.97 Å². The number of hydrogen-bond acceptors (Lipinski definition) is 4. The fourth-order valence-electron chi connectivity index (χ4n) is 1.51. The largest absolute Gasteiger partial charge is 0.497 e. The average molecular weight is 221 g/mol. The molecule has 0 amide bonds. The minimum atomic E-state index is -1.13. The summed E-state index contributed by atoms with van der Waals surface area (Å²) in [4.78, 5) is 14.6. The van der Waals surface area contributed by atoms with Gasteiger partial charge in [-0.3, -0.25) is 0 Å². The fraction of sp³-hybridized carbons (Fsp3) is 0.273. The summed E-state index contributed by atoms with van der Waals surface area (Å²) in [5.74, 6) is -0.644. The molecule has 0 radical (unpaired) electrons. The highest BCUT2D eigenvalue weighted by Crippen LogP contribution is 2.25. The summed E-state index contributed by atoms with van der Waals surface area (Å²) in [6, 6.07) is 7.08. The molecule has 0 fully saturated rings. The van der Waals surface area contributed by atoms with Crippen LogP contribution in [0.2, 0.25) is 0 Å². The molecule has 0 saturated heterocycles. The highest BCUT2D eigenvalue weighted by atomic mass is 16.5. The Labute approximate surface area is 92.3 Å². The van der Waals surface area contributed by atoms with Crippen LogP contribution in [0.3, 0.4) is 0 Å². The predicted molar refractivity (Wildman–Crippen MR) is 56.8 cm³/mol. The molecule has 1 aromatic rings. The Bertz CT molecular complexity index is 441. The first-order chi connectivity index (χ1) is 7.70. The number of methoxy groups -OCH3 is 1. The van der Waals surface area contributed by atoms with Crippen LogP contribution in [0.1, 0.15) is 11.6 Å². The standard InChI is InChI=1S/C11H11NO4/c1-15-8-4-2-3-7(5-8)9-6-16-10(12-9)11(13)14/h2-5,9H,6H2,1H3,(H,13,14). The van der Waals surface area contributed by atoms with Gasteiger partial charge in [0.05, 0.1) is 7.11 Å². The van der Waals surface area contributed by atoms with E-state index in [-0.39, 0.29) is 18.5 Å². The second kappa shape index (κ2) is 4.22. The Morgan fingerprint density at radius 3 is 3.06 bits per heavy atom. The smallest absolute Gasteiger partial charge is 0.391 e. The molecule has 0 bridgehead atoms. The highest BCUT2D eigenvalue weighted by molar-refractivity contribution is 6.32. The number of aliphatic imine (C=N–C) groups is 1. The first-order valence-corrected chi connectivity index (χ1v) is 4.78. The summed E-state index contributed by atoms with van der Waals surface area (Å²) >= 11 is 0. The summed E-state index contributed by atoms with van der Waals surface area (Å²) in [6.07, 6.45) is 0. The maximum atomic E-state index is 10.6. The zero-order valence-corrected chi connectivity index (χ0v) is 8.71. The zero-order chi connectivity index (χ0) is 11.5. The molecule has 84 valence electrons. The van der Waals surface area contributed by atoms with E-state index in [4.69, 9.17) is 14.6 Å². The lowest BCUT2D eigenvalue weighted by Crippen LogP contribution is -2.12. The summed E-state index contributed by atoms with van der Waals surface area (Å²) in [5, 5.41) is 8.70. The van der Waals surface area contributed by atoms with Crippen molar-refractivity contribution in [2.75, 3.05) is 13.7 Å². The number of benzene rings is 1. The van der Waals surface area contributed by atoms with Crippen LogP contribution in [0.5, 0.6) is 5.75 Å². The zero-order valence-electron chi connectivity index (χ0n) is 8.71. The minimum Gasteiger partial charge on any atom is -0.497 e. The van der Waals surface area contributed by atoms with E-state index in [9.17, 15) is 4.79 Å². The third-order valence-electron chi connectivity index (χ3n) is 2.31. The molecule has 5 heteroatoms. The highest BCUT2D eigenvalue weighted by Gasteiger charge is 2.25. The van der Waals surface area contributed by atoms with Crippen molar-refractivity contribution in [3.8, 4) is 5.75 Å². The van der Waals surface area contributed by atoms with E-state index >= 15 is 0 Å². The molecule has 0 aliphatic carbocycles. The molecule has 5 nitrogen and oxygen atoms in total. The number of carbonyl (C=O) groups is 1. The number of nitrogens with zero attached hydrogens (tertiary/aromatic N) is 1. The van der Waals surface area contributed by atoms with E-state index in [0.29, 0.717) is 0 Å².